The van der Waals surface area contributed by atoms with Crippen molar-refractivity contribution in [2.24, 2.45) is 0 Å². The Hall–Kier alpha value is 3.44. The molecule has 0 spiro atoms. The van der Waals surface area contributed by atoms with Crippen molar-refractivity contribution >= 4 is 15.2 Å². The molecule has 11 heteroatoms. The molecule has 0 radical (unpaired) electrons. The first-order chi connectivity index (χ1) is 3.41. The van der Waals surface area contributed by atoms with Crippen molar-refractivity contribution in [1.82, 2.24) is 0 Å². The molecule has 6 nitrogen and oxygen atoms in total. The maximum Gasteiger partial charge on any atom is 1.00 e. The molecule has 0 heterocycles. The minimum atomic E-state index is -5.61. The maximum atomic E-state index is 8.58. The smallest absolute Gasteiger partial charge is 0.894 e. The minimum absolute atomic E-state index is 0. The van der Waals surface area contributed by atoms with Gasteiger partial charge in [0.15, 0.2) is 0 Å². The van der Waals surface area contributed by atoms with Crippen LogP contribution in [0.25, 0.3) is 0 Å². The third-order valence-electron chi connectivity index (χ3n) is 0. The van der Waals surface area contributed by atoms with Crippen molar-refractivity contribution in [3.63, 3.8) is 0 Å². The minimum Gasteiger partial charge on any atom is -0.894 e. The Morgan fingerprint density at radius 1 is 0.750 bits per heavy atom. The van der Waals surface area contributed by atoms with Gasteiger partial charge in [0.2, 0.25) is 0 Å². The molecule has 0 aromatic heterocycles. The monoisotopic (exact) mass is 228 g/mol. The molecule has 0 aliphatic rings. The van der Waals surface area contributed by atoms with Gasteiger partial charge >= 0.3 is 124 Å². The second kappa shape index (κ2) is 23.9. The fraction of sp³-hybridized carbons (Fsp3) is 0. The number of hydrogen-bond acceptors (Lipinski definition) is 6. The zero-order valence-corrected chi connectivity index (χ0v) is 16.4. The first-order valence-corrected chi connectivity index (χ1v) is 2.86. The van der Waals surface area contributed by atoms with Gasteiger partial charge in [0, 0.05) is 0 Å². The third kappa shape index (κ3) is 176. The number of carbonyl (C=O) groups excluding carboxylic acids is 2. The summed E-state index contributed by atoms with van der Waals surface area (Å²) in [6.45, 7) is 0. The van der Waals surface area contributed by atoms with E-state index in [0.29, 0.717) is 0 Å². The zero-order chi connectivity index (χ0) is 7.21. The second-order valence-corrected chi connectivity index (χ2v) is 1.58. The third-order valence-corrected chi connectivity index (χ3v) is 0. The van der Waals surface area contributed by atoms with Gasteiger partial charge in [-0.05, 0) is 0 Å². The SMILES string of the molecule is O=C=O.[Na+].[Na+].[Na+].[Na+].[O-][Si]([O-])([O-])[O-]. The Morgan fingerprint density at radius 3 is 0.750 bits per heavy atom. The van der Waals surface area contributed by atoms with Crippen LogP contribution >= 0.6 is 0 Å². The summed E-state index contributed by atoms with van der Waals surface area (Å²) < 4.78 is 0. The van der Waals surface area contributed by atoms with E-state index in [1.807, 2.05) is 0 Å². The summed E-state index contributed by atoms with van der Waals surface area (Å²) in [5.41, 5.74) is 0. The van der Waals surface area contributed by atoms with E-state index in [0.717, 1.165) is 0 Å². The molecule has 0 N–H and O–H groups in total. The van der Waals surface area contributed by atoms with Crippen LogP contribution in [0.15, 0.2) is 0 Å². The van der Waals surface area contributed by atoms with Crippen LogP contribution in [0.5, 0.6) is 0 Å². The summed E-state index contributed by atoms with van der Waals surface area (Å²) in [6, 6.07) is 0. The number of hydrogen-bond donors (Lipinski definition) is 0. The maximum absolute atomic E-state index is 8.58. The summed E-state index contributed by atoms with van der Waals surface area (Å²) >= 11 is 0. The predicted molar refractivity (Wildman–Crippen MR) is 10.8 cm³/mol. The molecule has 0 bridgehead atoms. The Morgan fingerprint density at radius 2 is 0.750 bits per heavy atom. The van der Waals surface area contributed by atoms with Gasteiger partial charge < -0.3 is 28.2 Å². The van der Waals surface area contributed by atoms with Gasteiger partial charge in [-0.2, -0.15) is 9.59 Å². The van der Waals surface area contributed by atoms with E-state index in [1.54, 1.807) is 0 Å². The number of rotatable bonds is 0. The fourth-order valence-corrected chi connectivity index (χ4v) is 0. The van der Waals surface area contributed by atoms with Crippen molar-refractivity contribution in [2.75, 3.05) is 0 Å². The molecule has 12 heavy (non-hydrogen) atoms. The van der Waals surface area contributed by atoms with Crippen molar-refractivity contribution in [2.45, 2.75) is 0 Å². The van der Waals surface area contributed by atoms with Crippen molar-refractivity contribution in [3.8, 4) is 0 Å². The summed E-state index contributed by atoms with van der Waals surface area (Å²) in [6.07, 6.45) is 0.250. The van der Waals surface area contributed by atoms with Crippen LogP contribution in [-0.2, 0) is 9.59 Å². The first kappa shape index (κ1) is 36.1. The fourth-order valence-electron chi connectivity index (χ4n) is 0. The Bertz CT molecular complexity index is 80.0. The molecule has 0 unspecified atom stereocenters. The standard InChI is InChI=1S/CO2.4Na.O4Si/c2-1-3;;;;;1-5(2,3)4/q;4*+1;-4. The molecule has 0 aromatic carbocycles. The van der Waals surface area contributed by atoms with E-state index >= 15 is 0 Å². The van der Waals surface area contributed by atoms with Crippen LogP contribution in [0.1, 0.15) is 0 Å². The van der Waals surface area contributed by atoms with Crippen LogP contribution in [0, 0.1) is 0 Å². The molecular weight excluding hydrogens is 228 g/mol. The van der Waals surface area contributed by atoms with E-state index in [9.17, 15) is 0 Å². The van der Waals surface area contributed by atoms with E-state index in [2.05, 4.69) is 0 Å². The summed E-state index contributed by atoms with van der Waals surface area (Å²) in [5.74, 6) is 0. The molecule has 0 amide bonds. The Labute approximate surface area is 159 Å². The Balaban J connectivity index is -0.0000000119. The van der Waals surface area contributed by atoms with E-state index in [4.69, 9.17) is 28.8 Å². The van der Waals surface area contributed by atoms with Crippen LogP contribution in [-0.4, -0.2) is 15.2 Å². The first-order valence-electron chi connectivity index (χ1n) is 1.22. The van der Waals surface area contributed by atoms with Crippen LogP contribution < -0.4 is 137 Å². The van der Waals surface area contributed by atoms with Gasteiger partial charge in [-0.25, -0.2) is 0 Å². The van der Waals surface area contributed by atoms with Crippen LogP contribution in [0.4, 0.5) is 0 Å². The largest absolute Gasteiger partial charge is 1.00 e. The van der Waals surface area contributed by atoms with Crippen molar-refractivity contribution < 1.29 is 147 Å². The molecule has 0 fully saturated rings. The molecule has 0 saturated carbocycles. The van der Waals surface area contributed by atoms with E-state index in [1.165, 1.54) is 0 Å². The van der Waals surface area contributed by atoms with Gasteiger partial charge in [-0.1, -0.05) is 0 Å². The summed E-state index contributed by atoms with van der Waals surface area (Å²) in [7, 11) is -5.61. The van der Waals surface area contributed by atoms with Crippen molar-refractivity contribution in [1.29, 1.82) is 0 Å². The molecule has 0 aliphatic heterocycles. The van der Waals surface area contributed by atoms with Crippen molar-refractivity contribution in [3.05, 3.63) is 0 Å². The van der Waals surface area contributed by atoms with Gasteiger partial charge in [0.05, 0.1) is 0 Å². The Kier molecular flexibility index (Phi) is 72.0. The summed E-state index contributed by atoms with van der Waals surface area (Å²) in [5, 5.41) is 0. The molecular formula is CNa4O6Si. The van der Waals surface area contributed by atoms with Gasteiger partial charge in [0.25, 0.3) is 0 Å². The van der Waals surface area contributed by atoms with Crippen LogP contribution in [0.2, 0.25) is 0 Å². The topological polar surface area (TPSA) is 126 Å². The molecule has 0 rings (SSSR count). The zero-order valence-electron chi connectivity index (χ0n) is 7.45. The van der Waals surface area contributed by atoms with Gasteiger partial charge in [0.1, 0.15) is 0 Å². The second-order valence-electron chi connectivity index (χ2n) is 0.583. The normalized spacial score (nSPS) is 5.67. The summed E-state index contributed by atoms with van der Waals surface area (Å²) in [4.78, 5) is 50.6. The van der Waals surface area contributed by atoms with Crippen LogP contribution in [0.3, 0.4) is 0 Å². The quantitative estimate of drug-likeness (QED) is 0.379. The predicted octanol–water partition coefficient (Wildman–Crippen LogP) is -17.7. The van der Waals surface area contributed by atoms with Gasteiger partial charge in [-0.3, -0.25) is 0 Å². The molecule has 0 saturated heterocycles. The molecule has 0 aromatic rings. The molecule has 48 valence electrons. The molecule has 0 aliphatic carbocycles. The van der Waals surface area contributed by atoms with Gasteiger partial charge in [-0.15, -0.1) is 0 Å². The average molecular weight is 228 g/mol. The average Bonchev–Trinajstić information content (AvgIpc) is 1.27. The van der Waals surface area contributed by atoms with E-state index < -0.39 is 9.05 Å². The molecule has 0 atom stereocenters. The van der Waals surface area contributed by atoms with E-state index in [-0.39, 0.29) is 124 Å².